The molecule has 140 valence electrons. The molecule has 0 amide bonds. The second kappa shape index (κ2) is 8.66. The first-order valence-electron chi connectivity index (χ1n) is 8.81. The molecular formula is C20H23F3N2O. The molecule has 0 unspecified atom stereocenters. The van der Waals surface area contributed by atoms with Gasteiger partial charge in [-0.15, -0.1) is 0 Å². The predicted octanol–water partition coefficient (Wildman–Crippen LogP) is 3.17. The van der Waals surface area contributed by atoms with Crippen molar-refractivity contribution in [2.45, 2.75) is 25.6 Å². The number of nitrogens with zero attached hydrogens (tertiary/aromatic N) is 2. The van der Waals surface area contributed by atoms with Crippen molar-refractivity contribution in [1.82, 2.24) is 9.80 Å². The molecule has 0 aromatic heterocycles. The van der Waals surface area contributed by atoms with Crippen LogP contribution >= 0.6 is 0 Å². The van der Waals surface area contributed by atoms with Gasteiger partial charge in [0.1, 0.15) is 17.5 Å². The zero-order valence-corrected chi connectivity index (χ0v) is 14.5. The van der Waals surface area contributed by atoms with Crippen molar-refractivity contribution in [3.63, 3.8) is 0 Å². The van der Waals surface area contributed by atoms with Gasteiger partial charge in [0.15, 0.2) is 0 Å². The highest BCUT2D eigenvalue weighted by atomic mass is 19.1. The predicted molar refractivity (Wildman–Crippen MR) is 93.9 cm³/mol. The molecule has 1 N–H and O–H groups in total. The van der Waals surface area contributed by atoms with Gasteiger partial charge < -0.3 is 5.11 Å². The van der Waals surface area contributed by atoms with Crippen LogP contribution in [0, 0.1) is 17.5 Å². The van der Waals surface area contributed by atoms with E-state index in [2.05, 4.69) is 9.80 Å². The van der Waals surface area contributed by atoms with Gasteiger partial charge in [-0.3, -0.25) is 9.80 Å². The summed E-state index contributed by atoms with van der Waals surface area (Å²) < 4.78 is 40.3. The van der Waals surface area contributed by atoms with E-state index in [9.17, 15) is 18.3 Å². The van der Waals surface area contributed by atoms with Crippen LogP contribution in [0.3, 0.4) is 0 Å². The third-order valence-electron chi connectivity index (χ3n) is 4.85. The highest BCUT2D eigenvalue weighted by Crippen LogP contribution is 2.20. The summed E-state index contributed by atoms with van der Waals surface area (Å²) in [4.78, 5) is 4.33. The third-order valence-corrected chi connectivity index (χ3v) is 4.85. The van der Waals surface area contributed by atoms with E-state index < -0.39 is 11.6 Å². The van der Waals surface area contributed by atoms with Gasteiger partial charge in [-0.05, 0) is 42.3 Å². The highest BCUT2D eigenvalue weighted by molar-refractivity contribution is 5.19. The molecule has 3 nitrogen and oxygen atoms in total. The summed E-state index contributed by atoms with van der Waals surface area (Å²) in [5, 5.41) is 9.39. The molecule has 1 aliphatic rings. The molecule has 0 saturated carbocycles. The number of aliphatic hydroxyl groups excluding tert-OH is 1. The minimum Gasteiger partial charge on any atom is -0.396 e. The van der Waals surface area contributed by atoms with E-state index in [1.807, 2.05) is 0 Å². The van der Waals surface area contributed by atoms with Crippen LogP contribution in [0.5, 0.6) is 0 Å². The van der Waals surface area contributed by atoms with Gasteiger partial charge in [0, 0.05) is 50.9 Å². The van der Waals surface area contributed by atoms with Crippen LogP contribution in [0.4, 0.5) is 13.2 Å². The molecule has 26 heavy (non-hydrogen) atoms. The molecule has 0 bridgehead atoms. The number of hydrogen-bond acceptors (Lipinski definition) is 3. The van der Waals surface area contributed by atoms with Crippen molar-refractivity contribution in [2.24, 2.45) is 0 Å². The molecule has 1 atom stereocenters. The summed E-state index contributed by atoms with van der Waals surface area (Å²) >= 11 is 0. The zero-order chi connectivity index (χ0) is 18.5. The van der Waals surface area contributed by atoms with Crippen molar-refractivity contribution < 1.29 is 18.3 Å². The van der Waals surface area contributed by atoms with Crippen molar-refractivity contribution in [2.75, 3.05) is 26.2 Å². The van der Waals surface area contributed by atoms with Crippen molar-refractivity contribution in [1.29, 1.82) is 0 Å². The first kappa shape index (κ1) is 18.9. The van der Waals surface area contributed by atoms with Crippen LogP contribution < -0.4 is 0 Å². The average molecular weight is 364 g/mol. The van der Waals surface area contributed by atoms with Crippen LogP contribution in [0.25, 0.3) is 0 Å². The number of hydrogen-bond donors (Lipinski definition) is 1. The number of aliphatic hydroxyl groups is 1. The first-order chi connectivity index (χ1) is 12.5. The standard InChI is InChI=1S/C20H23F3N2O/c21-17-3-1-15(2-4-17)12-25-9-8-24(14-19(25)7-10-26)13-16-11-18(22)5-6-20(16)23/h1-6,11,19,26H,7-10,12-14H2/t19-/m0/s1. The normalized spacial score (nSPS) is 19.0. The minimum atomic E-state index is -0.441. The second-order valence-corrected chi connectivity index (χ2v) is 6.73. The van der Waals surface area contributed by atoms with Crippen LogP contribution in [-0.2, 0) is 13.1 Å². The highest BCUT2D eigenvalue weighted by Gasteiger charge is 2.27. The summed E-state index contributed by atoms with van der Waals surface area (Å²) in [7, 11) is 0. The summed E-state index contributed by atoms with van der Waals surface area (Å²) in [5.74, 6) is -1.11. The molecule has 1 fully saturated rings. The van der Waals surface area contributed by atoms with Gasteiger partial charge in [0.25, 0.3) is 0 Å². The zero-order valence-electron chi connectivity index (χ0n) is 14.5. The maximum atomic E-state index is 13.9. The van der Waals surface area contributed by atoms with Crippen LogP contribution in [0.1, 0.15) is 17.5 Å². The molecule has 0 radical (unpaired) electrons. The Balaban J connectivity index is 1.65. The Morgan fingerprint density at radius 1 is 0.923 bits per heavy atom. The summed E-state index contributed by atoms with van der Waals surface area (Å²) in [6.45, 7) is 3.21. The fraction of sp³-hybridized carbons (Fsp3) is 0.400. The van der Waals surface area contributed by atoms with Crippen LogP contribution in [0.2, 0.25) is 0 Å². The van der Waals surface area contributed by atoms with E-state index in [1.54, 1.807) is 12.1 Å². The number of rotatable bonds is 6. The lowest BCUT2D eigenvalue weighted by atomic mass is 10.1. The number of halogens is 3. The summed E-state index contributed by atoms with van der Waals surface area (Å²) in [6, 6.07) is 10.0. The Morgan fingerprint density at radius 3 is 2.38 bits per heavy atom. The molecule has 2 aromatic carbocycles. The molecule has 3 rings (SSSR count). The third kappa shape index (κ3) is 4.84. The molecular weight excluding hydrogens is 341 g/mol. The number of benzene rings is 2. The van der Waals surface area contributed by atoms with Gasteiger partial charge >= 0.3 is 0 Å². The van der Waals surface area contributed by atoms with Crippen LogP contribution in [0.15, 0.2) is 42.5 Å². The van der Waals surface area contributed by atoms with Crippen molar-refractivity contribution in [3.05, 3.63) is 71.0 Å². The van der Waals surface area contributed by atoms with E-state index in [1.165, 1.54) is 18.2 Å². The van der Waals surface area contributed by atoms with E-state index in [0.29, 0.717) is 31.6 Å². The Morgan fingerprint density at radius 2 is 1.65 bits per heavy atom. The largest absolute Gasteiger partial charge is 0.396 e. The Bertz CT molecular complexity index is 723. The smallest absolute Gasteiger partial charge is 0.127 e. The lowest BCUT2D eigenvalue weighted by Gasteiger charge is -2.41. The second-order valence-electron chi connectivity index (χ2n) is 6.73. The van der Waals surface area contributed by atoms with Gasteiger partial charge in [0.05, 0.1) is 0 Å². The molecule has 1 heterocycles. The molecule has 1 saturated heterocycles. The van der Waals surface area contributed by atoms with E-state index in [0.717, 1.165) is 30.8 Å². The fourth-order valence-electron chi connectivity index (χ4n) is 3.46. The van der Waals surface area contributed by atoms with Gasteiger partial charge in [-0.25, -0.2) is 13.2 Å². The molecule has 1 aliphatic heterocycles. The quantitative estimate of drug-likeness (QED) is 0.853. The SMILES string of the molecule is OCC[C@H]1CN(Cc2cc(F)ccc2F)CCN1Cc1ccc(F)cc1. The lowest BCUT2D eigenvalue weighted by molar-refractivity contribution is 0.0494. The minimum absolute atomic E-state index is 0.0623. The fourth-order valence-corrected chi connectivity index (χ4v) is 3.46. The van der Waals surface area contributed by atoms with Gasteiger partial charge in [-0.2, -0.15) is 0 Å². The Hall–Kier alpha value is -1.89. The molecule has 6 heteroatoms. The molecule has 2 aromatic rings. The molecule has 0 aliphatic carbocycles. The van der Waals surface area contributed by atoms with Crippen LogP contribution in [-0.4, -0.2) is 47.2 Å². The van der Waals surface area contributed by atoms with E-state index >= 15 is 0 Å². The topological polar surface area (TPSA) is 26.7 Å². The van der Waals surface area contributed by atoms with Crippen molar-refractivity contribution in [3.8, 4) is 0 Å². The Kier molecular flexibility index (Phi) is 6.29. The average Bonchev–Trinajstić information content (AvgIpc) is 2.62. The monoisotopic (exact) mass is 364 g/mol. The summed E-state index contributed by atoms with van der Waals surface area (Å²) in [6.07, 6.45) is 0.601. The lowest BCUT2D eigenvalue weighted by Crippen LogP contribution is -2.52. The first-order valence-corrected chi connectivity index (χ1v) is 8.81. The maximum absolute atomic E-state index is 13.9. The van der Waals surface area contributed by atoms with Gasteiger partial charge in [-0.1, -0.05) is 12.1 Å². The van der Waals surface area contributed by atoms with E-state index in [4.69, 9.17) is 0 Å². The maximum Gasteiger partial charge on any atom is 0.127 e. The number of piperazine rings is 1. The van der Waals surface area contributed by atoms with Gasteiger partial charge in [0.2, 0.25) is 0 Å². The Labute approximate surface area is 151 Å². The molecule has 0 spiro atoms. The van der Waals surface area contributed by atoms with Crippen molar-refractivity contribution >= 4 is 0 Å². The van der Waals surface area contributed by atoms with E-state index in [-0.39, 0.29) is 18.5 Å². The summed E-state index contributed by atoms with van der Waals surface area (Å²) in [5.41, 5.74) is 1.36.